The van der Waals surface area contributed by atoms with Gasteiger partial charge in [-0.05, 0) is 92.0 Å². The highest BCUT2D eigenvalue weighted by Crippen LogP contribution is 2.43. The number of ether oxygens (including phenoxy) is 3. The molecule has 3 saturated heterocycles. The van der Waals surface area contributed by atoms with Crippen molar-refractivity contribution in [3.05, 3.63) is 72.1 Å². The van der Waals surface area contributed by atoms with Crippen LogP contribution in [-0.4, -0.2) is 167 Å². The van der Waals surface area contributed by atoms with Gasteiger partial charge in [-0.15, -0.1) is 0 Å². The van der Waals surface area contributed by atoms with Crippen molar-refractivity contribution in [2.24, 2.45) is 17.3 Å². The van der Waals surface area contributed by atoms with Crippen LogP contribution in [0, 0.1) is 17.3 Å². The second-order valence-corrected chi connectivity index (χ2v) is 21.9. The Labute approximate surface area is 431 Å². The molecule has 2 aromatic heterocycles. The number of carbonyl (C=O) groups is 5. The molecule has 1 unspecified atom stereocenters. The zero-order valence-electron chi connectivity index (χ0n) is 43.9. The largest absolute Gasteiger partial charge is 0.464 e. The number of rotatable bonds is 9. The minimum Gasteiger partial charge on any atom is -0.464 e. The predicted molar refractivity (Wildman–Crippen MR) is 272 cm³/mol. The van der Waals surface area contributed by atoms with Crippen molar-refractivity contribution in [1.29, 1.82) is 0 Å². The minimum atomic E-state index is -4.58. The maximum absolute atomic E-state index is 14.9. The Morgan fingerprint density at radius 3 is 2.57 bits per heavy atom. The lowest BCUT2D eigenvalue weighted by Crippen LogP contribution is -2.64. The van der Waals surface area contributed by atoms with E-state index in [4.69, 9.17) is 14.2 Å². The summed E-state index contributed by atoms with van der Waals surface area (Å²) in [5.74, 6) is -2.28. The van der Waals surface area contributed by atoms with Gasteiger partial charge in [0.1, 0.15) is 31.4 Å². The number of alkyl halides is 3. The van der Waals surface area contributed by atoms with E-state index in [0.29, 0.717) is 91.8 Å². The smallest absolute Gasteiger partial charge is 0.406 e. The number of nitrogens with one attached hydrogen (secondary N) is 2. The van der Waals surface area contributed by atoms with Crippen LogP contribution in [0.4, 0.5) is 18.0 Å². The van der Waals surface area contributed by atoms with Crippen LogP contribution in [0.5, 0.6) is 0 Å². The average Bonchev–Trinajstić information content (AvgIpc) is 3.93. The SMILES string of the molecule is C=CC(=O)N1CO[C@]2(CCN(C(=O)N(C)[C@H](C(=O)N[C@H]3CN4CCC=C(C4)c4ccc5c(c4)c(c(-c4cccnc4[C@H](C)OC)n5CC(F)(F)F)CC(C)(C)COC(=O)[C@@H]4CCCN(N4)C3=O)C(C)C)C[C@@H]2C)C1. The van der Waals surface area contributed by atoms with E-state index in [0.717, 1.165) is 11.1 Å². The molecular formula is C54H72F3N9O8. The normalized spacial score (nSPS) is 25.6. The van der Waals surface area contributed by atoms with Gasteiger partial charge in [-0.2, -0.15) is 13.2 Å². The molecule has 402 valence electrons. The highest BCUT2D eigenvalue weighted by molar-refractivity contribution is 5.95. The van der Waals surface area contributed by atoms with Crippen molar-refractivity contribution in [1.82, 2.24) is 44.9 Å². The van der Waals surface area contributed by atoms with Gasteiger partial charge in [0.05, 0.1) is 36.2 Å². The molecule has 20 heteroatoms. The molecule has 5 aliphatic heterocycles. The van der Waals surface area contributed by atoms with E-state index in [1.807, 2.05) is 46.8 Å². The number of carbonyl (C=O) groups excluding carboxylic acids is 5. The number of methoxy groups -OCH3 is 1. The number of hydrazine groups is 1. The summed E-state index contributed by atoms with van der Waals surface area (Å²) in [6.07, 6.45) is 1.97. The lowest BCUT2D eigenvalue weighted by molar-refractivity contribution is -0.155. The molecule has 7 atom stereocenters. The number of fused-ring (bicyclic) bond motifs is 6. The zero-order valence-corrected chi connectivity index (χ0v) is 43.9. The van der Waals surface area contributed by atoms with Gasteiger partial charge in [0.2, 0.25) is 11.8 Å². The zero-order chi connectivity index (χ0) is 53.4. The second kappa shape index (κ2) is 21.8. The van der Waals surface area contributed by atoms with Gasteiger partial charge in [-0.3, -0.25) is 34.1 Å². The molecule has 8 rings (SSSR count). The summed E-state index contributed by atoms with van der Waals surface area (Å²) in [5, 5.41) is 5.05. The third kappa shape index (κ3) is 11.4. The molecule has 0 saturated carbocycles. The van der Waals surface area contributed by atoms with E-state index >= 15 is 0 Å². The first-order valence-corrected chi connectivity index (χ1v) is 25.8. The average molecular weight is 1030 g/mol. The summed E-state index contributed by atoms with van der Waals surface area (Å²) in [6.45, 7) is 16.0. The number of hydrogen-bond acceptors (Lipinski definition) is 11. The second-order valence-electron chi connectivity index (χ2n) is 21.9. The maximum atomic E-state index is 14.9. The predicted octanol–water partition coefficient (Wildman–Crippen LogP) is 6.33. The third-order valence-corrected chi connectivity index (χ3v) is 15.5. The first kappa shape index (κ1) is 54.4. The van der Waals surface area contributed by atoms with Crippen molar-refractivity contribution in [3.63, 3.8) is 0 Å². The van der Waals surface area contributed by atoms with E-state index in [9.17, 15) is 37.1 Å². The third-order valence-electron chi connectivity index (χ3n) is 15.5. The van der Waals surface area contributed by atoms with Crippen LogP contribution in [0.2, 0.25) is 0 Å². The van der Waals surface area contributed by atoms with Crippen LogP contribution >= 0.6 is 0 Å². The monoisotopic (exact) mass is 1030 g/mol. The summed E-state index contributed by atoms with van der Waals surface area (Å²) in [7, 11) is 3.12. The number of nitrogens with zero attached hydrogens (tertiary/aromatic N) is 7. The number of piperidine rings is 1. The Bertz CT molecular complexity index is 2670. The molecule has 3 fully saturated rings. The molecule has 0 radical (unpaired) electrons. The van der Waals surface area contributed by atoms with Crippen molar-refractivity contribution >= 4 is 46.2 Å². The number of urea groups is 1. The summed E-state index contributed by atoms with van der Waals surface area (Å²) in [6, 6.07) is 5.60. The van der Waals surface area contributed by atoms with Gasteiger partial charge >= 0.3 is 18.2 Å². The fourth-order valence-corrected chi connectivity index (χ4v) is 11.5. The fourth-order valence-electron chi connectivity index (χ4n) is 11.5. The number of hydrogen-bond donors (Lipinski definition) is 2. The molecular weight excluding hydrogens is 960 g/mol. The maximum Gasteiger partial charge on any atom is 0.406 e. The Kier molecular flexibility index (Phi) is 16.0. The van der Waals surface area contributed by atoms with Crippen LogP contribution in [0.3, 0.4) is 0 Å². The summed E-state index contributed by atoms with van der Waals surface area (Å²) < 4.78 is 63.5. The summed E-state index contributed by atoms with van der Waals surface area (Å²) in [5.41, 5.74) is 5.75. The number of pyridine rings is 1. The van der Waals surface area contributed by atoms with Gasteiger partial charge in [0, 0.05) is 87.4 Å². The highest BCUT2D eigenvalue weighted by atomic mass is 19.4. The molecule has 74 heavy (non-hydrogen) atoms. The van der Waals surface area contributed by atoms with E-state index in [1.54, 1.807) is 48.2 Å². The van der Waals surface area contributed by atoms with Crippen molar-refractivity contribution in [3.8, 4) is 11.3 Å². The summed E-state index contributed by atoms with van der Waals surface area (Å²) >= 11 is 0. The number of esters is 1. The first-order valence-electron chi connectivity index (χ1n) is 25.8. The number of amides is 5. The Morgan fingerprint density at radius 1 is 1.09 bits per heavy atom. The Balaban J connectivity index is 1.12. The molecule has 5 aliphatic rings. The van der Waals surface area contributed by atoms with E-state index in [2.05, 4.69) is 33.3 Å². The van der Waals surface area contributed by atoms with Crippen molar-refractivity contribution < 1.29 is 51.4 Å². The van der Waals surface area contributed by atoms with Crippen LogP contribution in [0.25, 0.3) is 27.7 Å². The molecule has 6 bridgehead atoms. The van der Waals surface area contributed by atoms with Gasteiger partial charge in [0.15, 0.2) is 0 Å². The van der Waals surface area contributed by atoms with Crippen LogP contribution in [0.15, 0.2) is 55.3 Å². The topological polar surface area (TPSA) is 171 Å². The van der Waals surface area contributed by atoms with E-state index in [-0.39, 0.29) is 56.6 Å². The molecule has 7 heterocycles. The summed E-state index contributed by atoms with van der Waals surface area (Å²) in [4.78, 5) is 81.7. The van der Waals surface area contributed by atoms with Gasteiger partial charge < -0.3 is 38.8 Å². The first-order chi connectivity index (χ1) is 35.0. The Hall–Kier alpha value is -5.83. The van der Waals surface area contributed by atoms with Crippen molar-refractivity contribution in [2.45, 2.75) is 116 Å². The van der Waals surface area contributed by atoms with E-state index in [1.165, 1.54) is 27.7 Å². The standard InChI is InChI=1S/C54H72F3N9O8/c1-10-44(67)64-29-53(74-32-64)19-23-63(26-34(53)4)51(71)61(8)46(33(2)3)48(68)59-42-28-62-21-12-14-37(27-62)36-17-18-43-39(24-36)40(25-52(6,7)31-73-50(70)41-16-13-22-66(60-41)49(42)69)47(65(43)30-54(55,56)57)38-15-11-20-58-45(38)35(5)72-9/h10-11,14-15,17-18,20,24,33-35,41-42,46,60H,1,12-13,16,19,21-23,25-32H2,2-9H3,(H,59,68)/t34-,35-,41-,42-,46-,53+/m0/s1. The number of halogens is 3. The quantitative estimate of drug-likeness (QED) is 0.182. The number of likely N-dealkylation sites (N-methyl/N-ethyl adjacent to an activating group) is 1. The lowest BCUT2D eigenvalue weighted by atomic mass is 9.82. The molecule has 2 N–H and O–H groups in total. The van der Waals surface area contributed by atoms with E-state index < -0.39 is 65.8 Å². The molecule has 17 nitrogen and oxygen atoms in total. The Morgan fingerprint density at radius 2 is 1.86 bits per heavy atom. The van der Waals surface area contributed by atoms with Crippen LogP contribution in [0.1, 0.15) is 90.2 Å². The van der Waals surface area contributed by atoms with Crippen LogP contribution in [-0.2, 0) is 46.4 Å². The number of benzene rings is 1. The molecule has 5 amide bonds. The van der Waals surface area contributed by atoms with Crippen molar-refractivity contribution in [2.75, 3.05) is 73.3 Å². The molecule has 1 spiro atoms. The molecule has 1 aromatic carbocycles. The highest BCUT2D eigenvalue weighted by Gasteiger charge is 2.49. The molecule has 0 aliphatic carbocycles. The lowest BCUT2D eigenvalue weighted by Gasteiger charge is -2.45. The molecule has 3 aromatic rings. The number of likely N-dealkylation sites (tertiary alicyclic amines) is 1. The fraction of sp³-hybridized carbons (Fsp3) is 0.593. The van der Waals surface area contributed by atoms with Gasteiger partial charge in [-0.25, -0.2) is 10.2 Å². The van der Waals surface area contributed by atoms with Gasteiger partial charge in [-0.1, -0.05) is 53.3 Å². The number of aromatic nitrogens is 2. The van der Waals surface area contributed by atoms with Gasteiger partial charge in [0.25, 0.3) is 5.91 Å². The minimum absolute atomic E-state index is 0.0735. The van der Waals surface area contributed by atoms with Crippen LogP contribution < -0.4 is 10.7 Å². The number of cyclic esters (lactones) is 1.